The zero-order chi connectivity index (χ0) is 17.1. The van der Waals surface area contributed by atoms with Gasteiger partial charge in [0, 0.05) is 11.8 Å². The molecule has 4 aliphatic rings. The molecule has 0 aromatic carbocycles. The van der Waals surface area contributed by atoms with Gasteiger partial charge in [0.25, 0.3) is 0 Å². The standard InChI is InChI=1S/C19H29N3OS/c1-11-17(12(2)22(4)21-11)20-18(23)13(3)24-19-8-14-5-15(9-19)7-16(6-14)10-19/h13-16H,5-10H2,1-4H3,(H,20,23)/t13-,14?,15?,16?,19?/m0/s1. The van der Waals surface area contributed by atoms with Crippen LogP contribution < -0.4 is 5.32 Å². The normalized spacial score (nSPS) is 35.2. The van der Waals surface area contributed by atoms with Crippen LogP contribution in [-0.4, -0.2) is 25.7 Å². The minimum absolute atomic E-state index is 0.000237. The molecule has 4 aliphatic carbocycles. The van der Waals surface area contributed by atoms with E-state index in [0.29, 0.717) is 4.75 Å². The van der Waals surface area contributed by atoms with E-state index in [-0.39, 0.29) is 11.2 Å². The van der Waals surface area contributed by atoms with Crippen LogP contribution in [0.1, 0.15) is 56.8 Å². The summed E-state index contributed by atoms with van der Waals surface area (Å²) in [5.41, 5.74) is 2.81. The molecule has 1 atom stereocenters. The summed E-state index contributed by atoms with van der Waals surface area (Å²) in [4.78, 5) is 12.8. The molecule has 0 saturated heterocycles. The molecular weight excluding hydrogens is 318 g/mol. The summed E-state index contributed by atoms with van der Waals surface area (Å²) in [6, 6.07) is 0. The van der Waals surface area contributed by atoms with Crippen LogP contribution in [0.3, 0.4) is 0 Å². The fourth-order valence-electron chi connectivity index (χ4n) is 5.78. The van der Waals surface area contributed by atoms with Gasteiger partial charge in [0.15, 0.2) is 0 Å². The Hall–Kier alpha value is -0.970. The van der Waals surface area contributed by atoms with Gasteiger partial charge in [0.05, 0.1) is 22.3 Å². The number of nitrogens with zero attached hydrogens (tertiary/aromatic N) is 2. The van der Waals surface area contributed by atoms with E-state index in [9.17, 15) is 4.79 Å². The predicted octanol–water partition coefficient (Wildman–Crippen LogP) is 4.07. The van der Waals surface area contributed by atoms with Crippen molar-refractivity contribution in [1.29, 1.82) is 0 Å². The Morgan fingerprint density at radius 3 is 2.21 bits per heavy atom. The molecule has 4 saturated carbocycles. The smallest absolute Gasteiger partial charge is 0.237 e. The number of hydrogen-bond acceptors (Lipinski definition) is 3. The summed E-state index contributed by atoms with van der Waals surface area (Å²) in [6.45, 7) is 6.05. The Morgan fingerprint density at radius 1 is 1.21 bits per heavy atom. The minimum Gasteiger partial charge on any atom is -0.322 e. The van der Waals surface area contributed by atoms with Gasteiger partial charge >= 0.3 is 0 Å². The van der Waals surface area contributed by atoms with Crippen LogP contribution in [0, 0.1) is 31.6 Å². The first-order valence-corrected chi connectivity index (χ1v) is 10.2. The van der Waals surface area contributed by atoms with Crippen LogP contribution in [0.4, 0.5) is 5.69 Å². The molecule has 1 aromatic rings. The minimum atomic E-state index is 0.000237. The number of aryl methyl sites for hydroxylation is 2. The molecule has 0 unspecified atom stereocenters. The zero-order valence-corrected chi connectivity index (χ0v) is 16.1. The number of thioether (sulfide) groups is 1. The number of carbonyl (C=O) groups is 1. The number of hydrogen-bond donors (Lipinski definition) is 1. The quantitative estimate of drug-likeness (QED) is 0.893. The molecule has 1 amide bonds. The second kappa shape index (κ2) is 5.79. The molecule has 4 bridgehead atoms. The highest BCUT2D eigenvalue weighted by molar-refractivity contribution is 8.01. The van der Waals surface area contributed by atoms with Crippen molar-refractivity contribution in [3.8, 4) is 0 Å². The molecule has 24 heavy (non-hydrogen) atoms. The Bertz CT molecular complexity index is 631. The molecule has 132 valence electrons. The van der Waals surface area contributed by atoms with Gasteiger partial charge in [-0.2, -0.15) is 5.10 Å². The van der Waals surface area contributed by atoms with Crippen molar-refractivity contribution in [2.24, 2.45) is 24.8 Å². The lowest BCUT2D eigenvalue weighted by atomic mass is 9.56. The van der Waals surface area contributed by atoms with Gasteiger partial charge in [0.2, 0.25) is 5.91 Å². The third kappa shape index (κ3) is 2.79. The van der Waals surface area contributed by atoms with E-state index in [1.807, 2.05) is 37.3 Å². The highest BCUT2D eigenvalue weighted by Gasteiger charge is 2.52. The first-order chi connectivity index (χ1) is 11.3. The Labute approximate surface area is 149 Å². The molecule has 5 heteroatoms. The largest absolute Gasteiger partial charge is 0.322 e. The van der Waals surface area contributed by atoms with Gasteiger partial charge in [-0.15, -0.1) is 11.8 Å². The summed E-state index contributed by atoms with van der Waals surface area (Å²) in [7, 11) is 1.92. The molecule has 1 N–H and O–H groups in total. The monoisotopic (exact) mass is 347 g/mol. The molecule has 0 aliphatic heterocycles. The van der Waals surface area contributed by atoms with Crippen LogP contribution in [0.25, 0.3) is 0 Å². The molecule has 4 nitrogen and oxygen atoms in total. The van der Waals surface area contributed by atoms with Gasteiger partial charge in [-0.25, -0.2) is 0 Å². The fourth-order valence-corrected chi connectivity index (χ4v) is 7.70. The maximum Gasteiger partial charge on any atom is 0.237 e. The molecule has 1 aromatic heterocycles. The Balaban J connectivity index is 1.44. The number of carbonyl (C=O) groups excluding carboxylic acids is 1. The van der Waals surface area contributed by atoms with Crippen LogP contribution in [0.2, 0.25) is 0 Å². The van der Waals surface area contributed by atoms with Crippen LogP contribution in [0.5, 0.6) is 0 Å². The third-order valence-electron chi connectivity index (χ3n) is 6.54. The zero-order valence-electron chi connectivity index (χ0n) is 15.3. The summed E-state index contributed by atoms with van der Waals surface area (Å²) in [5.74, 6) is 2.93. The summed E-state index contributed by atoms with van der Waals surface area (Å²) in [6.07, 6.45) is 8.38. The Morgan fingerprint density at radius 2 is 1.75 bits per heavy atom. The lowest BCUT2D eigenvalue weighted by Crippen LogP contribution is -2.49. The van der Waals surface area contributed by atoms with E-state index in [4.69, 9.17) is 0 Å². The van der Waals surface area contributed by atoms with Crippen LogP contribution in [-0.2, 0) is 11.8 Å². The first-order valence-electron chi connectivity index (χ1n) is 9.34. The Kier molecular flexibility index (Phi) is 3.98. The summed E-state index contributed by atoms with van der Waals surface area (Å²) in [5, 5.41) is 7.54. The van der Waals surface area contributed by atoms with Crippen molar-refractivity contribution in [1.82, 2.24) is 9.78 Å². The molecule has 0 radical (unpaired) electrons. The van der Waals surface area contributed by atoms with E-state index < -0.39 is 0 Å². The molecule has 1 heterocycles. The first kappa shape index (κ1) is 16.5. The van der Waals surface area contributed by atoms with Crippen molar-refractivity contribution in [3.63, 3.8) is 0 Å². The van der Waals surface area contributed by atoms with Crippen molar-refractivity contribution in [2.45, 2.75) is 69.3 Å². The van der Waals surface area contributed by atoms with Crippen molar-refractivity contribution < 1.29 is 4.79 Å². The van der Waals surface area contributed by atoms with E-state index in [1.54, 1.807) is 0 Å². The van der Waals surface area contributed by atoms with E-state index in [0.717, 1.165) is 34.8 Å². The molecular formula is C19H29N3OS. The second-order valence-corrected chi connectivity index (χ2v) is 10.3. The average Bonchev–Trinajstić information content (AvgIpc) is 2.71. The third-order valence-corrected chi connectivity index (χ3v) is 8.10. The molecule has 4 fully saturated rings. The number of aromatic nitrogens is 2. The number of rotatable bonds is 4. The maximum atomic E-state index is 12.8. The van der Waals surface area contributed by atoms with Crippen LogP contribution >= 0.6 is 11.8 Å². The SMILES string of the molecule is Cc1nn(C)c(C)c1NC(=O)[C@H](C)SC12CC3CC(CC(C3)C1)C2. The van der Waals surface area contributed by atoms with Gasteiger partial charge < -0.3 is 5.32 Å². The average molecular weight is 348 g/mol. The number of anilines is 1. The highest BCUT2D eigenvalue weighted by atomic mass is 32.2. The van der Waals surface area contributed by atoms with Gasteiger partial charge in [-0.1, -0.05) is 0 Å². The van der Waals surface area contributed by atoms with E-state index >= 15 is 0 Å². The predicted molar refractivity (Wildman–Crippen MR) is 99.3 cm³/mol. The lowest BCUT2D eigenvalue weighted by Gasteiger charge is -2.57. The van der Waals surface area contributed by atoms with Crippen molar-refractivity contribution in [3.05, 3.63) is 11.4 Å². The summed E-state index contributed by atoms with van der Waals surface area (Å²) >= 11 is 1.96. The highest BCUT2D eigenvalue weighted by Crippen LogP contribution is 2.61. The summed E-state index contributed by atoms with van der Waals surface area (Å²) < 4.78 is 2.21. The van der Waals surface area contributed by atoms with Crippen LogP contribution in [0.15, 0.2) is 0 Å². The number of amides is 1. The second-order valence-electron chi connectivity index (χ2n) is 8.52. The van der Waals surface area contributed by atoms with Crippen molar-refractivity contribution in [2.75, 3.05) is 5.32 Å². The van der Waals surface area contributed by atoms with E-state index in [2.05, 4.69) is 17.3 Å². The van der Waals surface area contributed by atoms with Gasteiger partial charge in [-0.05, 0) is 77.0 Å². The fraction of sp³-hybridized carbons (Fsp3) is 0.789. The van der Waals surface area contributed by atoms with Gasteiger partial charge in [-0.3, -0.25) is 9.48 Å². The lowest BCUT2D eigenvalue weighted by molar-refractivity contribution is -0.115. The molecule has 0 spiro atoms. The number of nitrogens with one attached hydrogen (secondary N) is 1. The maximum absolute atomic E-state index is 12.8. The van der Waals surface area contributed by atoms with Crippen molar-refractivity contribution >= 4 is 23.4 Å². The van der Waals surface area contributed by atoms with E-state index in [1.165, 1.54) is 38.5 Å². The van der Waals surface area contributed by atoms with Gasteiger partial charge in [0.1, 0.15) is 0 Å². The topological polar surface area (TPSA) is 46.9 Å². The molecule has 5 rings (SSSR count).